The molecule has 0 spiro atoms. The van der Waals surface area contributed by atoms with Gasteiger partial charge in [0.15, 0.2) is 0 Å². The average molecular weight is 288 g/mol. The van der Waals surface area contributed by atoms with Crippen LogP contribution in [0.3, 0.4) is 0 Å². The van der Waals surface area contributed by atoms with Crippen LogP contribution in [0.4, 0.5) is 0 Å². The van der Waals surface area contributed by atoms with Crippen molar-refractivity contribution < 1.29 is 9.90 Å². The van der Waals surface area contributed by atoms with Crippen LogP contribution in [0.2, 0.25) is 0 Å². The lowest BCUT2D eigenvalue weighted by molar-refractivity contribution is -0.141. The van der Waals surface area contributed by atoms with Gasteiger partial charge >= 0.3 is 5.97 Å². The first-order valence-electron chi connectivity index (χ1n) is 8.09. The molecule has 0 unspecified atom stereocenters. The summed E-state index contributed by atoms with van der Waals surface area (Å²) in [7, 11) is 0. The molecule has 1 aliphatic heterocycles. The Labute approximate surface area is 126 Å². The molecule has 2 fully saturated rings. The van der Waals surface area contributed by atoms with E-state index in [1.165, 1.54) is 32.1 Å². The molecular formula is C17H24N2O2. The third-order valence-corrected chi connectivity index (χ3v) is 5.09. The Balaban J connectivity index is 1.67. The van der Waals surface area contributed by atoms with Crippen molar-refractivity contribution in [3.63, 3.8) is 0 Å². The number of likely N-dealkylation sites (tertiary alicyclic amines) is 1. The quantitative estimate of drug-likeness (QED) is 0.925. The minimum atomic E-state index is -0.664. The molecule has 1 N–H and O–H groups in total. The Morgan fingerprint density at radius 1 is 1.19 bits per heavy atom. The maximum Gasteiger partial charge on any atom is 0.308 e. The van der Waals surface area contributed by atoms with Crippen molar-refractivity contribution in [2.45, 2.75) is 38.0 Å². The van der Waals surface area contributed by atoms with Crippen LogP contribution < -0.4 is 0 Å². The Morgan fingerprint density at radius 3 is 2.57 bits per heavy atom. The lowest BCUT2D eigenvalue weighted by Crippen LogP contribution is -2.29. The molecule has 1 aromatic rings. The highest BCUT2D eigenvalue weighted by atomic mass is 16.4. The van der Waals surface area contributed by atoms with Crippen LogP contribution in [0.15, 0.2) is 24.5 Å². The van der Waals surface area contributed by atoms with E-state index in [1.807, 2.05) is 12.1 Å². The van der Waals surface area contributed by atoms with E-state index in [1.54, 1.807) is 12.4 Å². The van der Waals surface area contributed by atoms with Crippen molar-refractivity contribution in [3.8, 4) is 0 Å². The summed E-state index contributed by atoms with van der Waals surface area (Å²) in [5, 5.41) is 9.53. The smallest absolute Gasteiger partial charge is 0.308 e. The lowest BCUT2D eigenvalue weighted by Gasteiger charge is -2.26. The summed E-state index contributed by atoms with van der Waals surface area (Å²) in [5.41, 5.74) is 1.11. The molecule has 0 radical (unpaired) electrons. The third kappa shape index (κ3) is 3.43. The number of hydrogen-bond acceptors (Lipinski definition) is 3. The molecule has 0 amide bonds. The summed E-state index contributed by atoms with van der Waals surface area (Å²) in [6, 6.07) is 3.93. The van der Waals surface area contributed by atoms with Crippen LogP contribution in [0, 0.1) is 11.8 Å². The molecule has 21 heavy (non-hydrogen) atoms. The number of hydrogen-bond donors (Lipinski definition) is 1. The SMILES string of the molecule is O=C(O)[C@@H]1CN(CC2CCCCC2)C[C@H]1c1ccncc1. The fourth-order valence-corrected chi connectivity index (χ4v) is 3.97. The number of carboxylic acid groups (broad SMARTS) is 1. The van der Waals surface area contributed by atoms with E-state index in [0.717, 1.165) is 24.6 Å². The van der Waals surface area contributed by atoms with Crippen LogP contribution in [-0.2, 0) is 4.79 Å². The second-order valence-electron chi connectivity index (χ2n) is 6.55. The van der Waals surface area contributed by atoms with Crippen molar-refractivity contribution in [3.05, 3.63) is 30.1 Å². The van der Waals surface area contributed by atoms with Gasteiger partial charge in [0.1, 0.15) is 0 Å². The maximum absolute atomic E-state index is 11.6. The van der Waals surface area contributed by atoms with Gasteiger partial charge in [0.2, 0.25) is 0 Å². The minimum absolute atomic E-state index is 0.106. The van der Waals surface area contributed by atoms with E-state index in [2.05, 4.69) is 9.88 Å². The topological polar surface area (TPSA) is 53.4 Å². The molecule has 3 rings (SSSR count). The van der Waals surface area contributed by atoms with Gasteiger partial charge in [-0.15, -0.1) is 0 Å². The van der Waals surface area contributed by atoms with Gasteiger partial charge in [-0.2, -0.15) is 0 Å². The number of carbonyl (C=O) groups is 1. The second kappa shape index (κ2) is 6.56. The molecule has 1 saturated carbocycles. The predicted molar refractivity (Wildman–Crippen MR) is 81.1 cm³/mol. The summed E-state index contributed by atoms with van der Waals surface area (Å²) in [5.74, 6) is -0.0718. The maximum atomic E-state index is 11.6. The van der Waals surface area contributed by atoms with Crippen molar-refractivity contribution >= 4 is 5.97 Å². The van der Waals surface area contributed by atoms with E-state index in [-0.39, 0.29) is 11.8 Å². The van der Waals surface area contributed by atoms with E-state index in [0.29, 0.717) is 6.54 Å². The van der Waals surface area contributed by atoms with Gasteiger partial charge in [-0.1, -0.05) is 19.3 Å². The number of pyridine rings is 1. The third-order valence-electron chi connectivity index (χ3n) is 5.09. The molecule has 1 aliphatic carbocycles. The van der Waals surface area contributed by atoms with Crippen molar-refractivity contribution in [1.82, 2.24) is 9.88 Å². The number of nitrogens with zero attached hydrogens (tertiary/aromatic N) is 2. The zero-order valence-corrected chi connectivity index (χ0v) is 12.4. The van der Waals surface area contributed by atoms with Crippen molar-refractivity contribution in [2.24, 2.45) is 11.8 Å². The van der Waals surface area contributed by atoms with Crippen molar-refractivity contribution in [1.29, 1.82) is 0 Å². The highest BCUT2D eigenvalue weighted by molar-refractivity contribution is 5.72. The summed E-state index contributed by atoms with van der Waals surface area (Å²) in [4.78, 5) is 18.0. The Bertz CT molecular complexity index is 471. The zero-order valence-electron chi connectivity index (χ0n) is 12.4. The van der Waals surface area contributed by atoms with Crippen LogP contribution >= 0.6 is 0 Å². The lowest BCUT2D eigenvalue weighted by atomic mass is 9.89. The molecule has 1 aromatic heterocycles. The van der Waals surface area contributed by atoms with Gasteiger partial charge < -0.3 is 10.0 Å². The monoisotopic (exact) mass is 288 g/mol. The number of aliphatic carboxylic acids is 1. The molecule has 2 aliphatic rings. The van der Waals surface area contributed by atoms with Crippen LogP contribution in [0.5, 0.6) is 0 Å². The molecular weight excluding hydrogens is 264 g/mol. The van der Waals surface area contributed by atoms with Crippen LogP contribution in [0.25, 0.3) is 0 Å². The second-order valence-corrected chi connectivity index (χ2v) is 6.55. The van der Waals surface area contributed by atoms with Crippen LogP contribution in [0.1, 0.15) is 43.6 Å². The number of rotatable bonds is 4. The van der Waals surface area contributed by atoms with E-state index < -0.39 is 5.97 Å². The normalized spacial score (nSPS) is 27.8. The molecule has 0 bridgehead atoms. The first-order chi connectivity index (χ1) is 10.2. The van der Waals surface area contributed by atoms with Crippen molar-refractivity contribution in [2.75, 3.05) is 19.6 Å². The highest BCUT2D eigenvalue weighted by Crippen LogP contribution is 2.34. The van der Waals surface area contributed by atoms with Gasteiger partial charge in [-0.3, -0.25) is 9.78 Å². The Morgan fingerprint density at radius 2 is 1.90 bits per heavy atom. The zero-order chi connectivity index (χ0) is 14.7. The summed E-state index contributed by atoms with van der Waals surface area (Å²) in [6.07, 6.45) is 10.2. The molecule has 1 saturated heterocycles. The summed E-state index contributed by atoms with van der Waals surface area (Å²) < 4.78 is 0. The van der Waals surface area contributed by atoms with E-state index in [4.69, 9.17) is 0 Å². The molecule has 2 atom stereocenters. The average Bonchev–Trinajstić information content (AvgIpc) is 2.93. The first-order valence-corrected chi connectivity index (χ1v) is 8.09. The van der Waals surface area contributed by atoms with Gasteiger partial charge in [-0.05, 0) is 36.5 Å². The Hall–Kier alpha value is -1.42. The van der Waals surface area contributed by atoms with Gasteiger partial charge in [0.05, 0.1) is 5.92 Å². The summed E-state index contributed by atoms with van der Waals surface area (Å²) >= 11 is 0. The standard InChI is InChI=1S/C17H24N2O2/c20-17(21)16-12-19(10-13-4-2-1-3-5-13)11-15(16)14-6-8-18-9-7-14/h6-9,13,15-16H,1-5,10-12H2,(H,20,21)/t15-,16+/m0/s1. The van der Waals surface area contributed by atoms with Gasteiger partial charge in [0, 0.05) is 37.9 Å². The van der Waals surface area contributed by atoms with E-state index >= 15 is 0 Å². The molecule has 2 heterocycles. The summed E-state index contributed by atoms with van der Waals surface area (Å²) in [6.45, 7) is 2.64. The van der Waals surface area contributed by atoms with E-state index in [9.17, 15) is 9.90 Å². The Kier molecular flexibility index (Phi) is 4.54. The molecule has 4 heteroatoms. The molecule has 4 nitrogen and oxygen atoms in total. The largest absolute Gasteiger partial charge is 0.481 e. The van der Waals surface area contributed by atoms with Gasteiger partial charge in [0.25, 0.3) is 0 Å². The predicted octanol–water partition coefficient (Wildman–Crippen LogP) is 2.76. The molecule has 0 aromatic carbocycles. The van der Waals surface area contributed by atoms with Crippen LogP contribution in [-0.4, -0.2) is 40.6 Å². The fraction of sp³-hybridized carbons (Fsp3) is 0.647. The molecule has 114 valence electrons. The number of aromatic nitrogens is 1. The number of carboxylic acids is 1. The highest BCUT2D eigenvalue weighted by Gasteiger charge is 2.39. The first kappa shape index (κ1) is 14.5. The van der Waals surface area contributed by atoms with Gasteiger partial charge in [-0.25, -0.2) is 0 Å². The minimum Gasteiger partial charge on any atom is -0.481 e. The fourth-order valence-electron chi connectivity index (χ4n) is 3.97.